The van der Waals surface area contributed by atoms with E-state index in [2.05, 4.69) is 5.32 Å². The van der Waals surface area contributed by atoms with Crippen LogP contribution in [0.1, 0.15) is 10.4 Å². The number of rotatable bonds is 8. The molecule has 0 saturated heterocycles. The molecule has 2 aromatic carbocycles. The Morgan fingerprint density at radius 3 is 2.36 bits per heavy atom. The first-order chi connectivity index (χ1) is 12.0. The third-order valence-corrected chi connectivity index (χ3v) is 3.56. The van der Waals surface area contributed by atoms with Gasteiger partial charge in [-0.15, -0.1) is 0 Å². The predicted octanol–water partition coefficient (Wildman–Crippen LogP) is 2.67. The SMILES string of the molecule is NC(=O)c1cc(Cl)ccc1OCC(=O)NCCOc1ccc(Cl)cc1. The minimum Gasteiger partial charge on any atom is -0.492 e. The number of hydrogen-bond donors (Lipinski definition) is 2. The topological polar surface area (TPSA) is 90.7 Å². The normalized spacial score (nSPS) is 10.2. The number of nitrogens with two attached hydrogens (primary N) is 1. The molecule has 0 aromatic heterocycles. The first kappa shape index (κ1) is 18.9. The molecular weight excluding hydrogens is 367 g/mol. The first-order valence-corrected chi connectivity index (χ1v) is 8.08. The van der Waals surface area contributed by atoms with Crippen molar-refractivity contribution in [2.75, 3.05) is 19.8 Å². The van der Waals surface area contributed by atoms with E-state index in [4.69, 9.17) is 38.4 Å². The molecule has 8 heteroatoms. The number of amides is 2. The minimum absolute atomic E-state index is 0.117. The molecule has 2 aromatic rings. The van der Waals surface area contributed by atoms with Gasteiger partial charge in [0.15, 0.2) is 6.61 Å². The maximum atomic E-state index is 11.8. The number of benzene rings is 2. The number of hydrogen-bond acceptors (Lipinski definition) is 4. The highest BCUT2D eigenvalue weighted by Gasteiger charge is 2.11. The maximum Gasteiger partial charge on any atom is 0.258 e. The Balaban J connectivity index is 1.74. The van der Waals surface area contributed by atoms with Gasteiger partial charge < -0.3 is 20.5 Å². The van der Waals surface area contributed by atoms with E-state index in [0.717, 1.165) is 0 Å². The number of nitrogens with one attached hydrogen (secondary N) is 1. The van der Waals surface area contributed by atoms with Crippen molar-refractivity contribution in [2.45, 2.75) is 0 Å². The standard InChI is InChI=1S/C17H16Cl2N2O4/c18-11-1-4-13(5-2-11)24-8-7-21-16(22)10-25-15-6-3-12(19)9-14(15)17(20)23/h1-6,9H,7-8,10H2,(H2,20,23)(H,21,22). The van der Waals surface area contributed by atoms with Crippen LogP contribution in [0.3, 0.4) is 0 Å². The molecule has 3 N–H and O–H groups in total. The molecular formula is C17H16Cl2N2O4. The lowest BCUT2D eigenvalue weighted by atomic mass is 10.2. The zero-order valence-electron chi connectivity index (χ0n) is 13.1. The molecule has 0 bridgehead atoms. The quantitative estimate of drug-likeness (QED) is 0.686. The summed E-state index contributed by atoms with van der Waals surface area (Å²) in [7, 11) is 0. The molecule has 0 aliphatic heterocycles. The highest BCUT2D eigenvalue weighted by molar-refractivity contribution is 6.31. The molecule has 0 saturated carbocycles. The molecule has 2 rings (SSSR count). The average molecular weight is 383 g/mol. The summed E-state index contributed by atoms with van der Waals surface area (Å²) in [5, 5.41) is 3.61. The largest absolute Gasteiger partial charge is 0.492 e. The zero-order valence-corrected chi connectivity index (χ0v) is 14.6. The summed E-state index contributed by atoms with van der Waals surface area (Å²) in [5.74, 6) is -0.189. The van der Waals surface area contributed by atoms with Crippen LogP contribution in [0.25, 0.3) is 0 Å². The minimum atomic E-state index is -0.686. The van der Waals surface area contributed by atoms with Gasteiger partial charge in [-0.05, 0) is 42.5 Å². The Morgan fingerprint density at radius 2 is 1.68 bits per heavy atom. The molecule has 25 heavy (non-hydrogen) atoms. The lowest BCUT2D eigenvalue weighted by Crippen LogP contribution is -2.32. The van der Waals surface area contributed by atoms with Crippen LogP contribution in [0.5, 0.6) is 11.5 Å². The zero-order chi connectivity index (χ0) is 18.2. The van der Waals surface area contributed by atoms with Gasteiger partial charge in [0.1, 0.15) is 18.1 Å². The molecule has 2 amide bonds. The molecule has 0 heterocycles. The Kier molecular flexibility index (Phi) is 6.91. The Morgan fingerprint density at radius 1 is 1.00 bits per heavy atom. The van der Waals surface area contributed by atoms with Gasteiger partial charge in [0.05, 0.1) is 12.1 Å². The third kappa shape index (κ3) is 6.17. The van der Waals surface area contributed by atoms with Gasteiger partial charge in [-0.3, -0.25) is 9.59 Å². The van der Waals surface area contributed by atoms with E-state index in [-0.39, 0.29) is 23.8 Å². The van der Waals surface area contributed by atoms with E-state index < -0.39 is 5.91 Å². The van der Waals surface area contributed by atoms with E-state index in [9.17, 15) is 9.59 Å². The van der Waals surface area contributed by atoms with Crippen LogP contribution in [-0.4, -0.2) is 31.6 Å². The summed E-state index contributed by atoms with van der Waals surface area (Å²) >= 11 is 11.6. The van der Waals surface area contributed by atoms with Crippen molar-refractivity contribution in [3.05, 3.63) is 58.1 Å². The van der Waals surface area contributed by atoms with Gasteiger partial charge >= 0.3 is 0 Å². The van der Waals surface area contributed by atoms with Crippen molar-refractivity contribution in [3.63, 3.8) is 0 Å². The molecule has 132 valence electrons. The monoisotopic (exact) mass is 382 g/mol. The lowest BCUT2D eigenvalue weighted by molar-refractivity contribution is -0.123. The van der Waals surface area contributed by atoms with Gasteiger partial charge in [0.25, 0.3) is 11.8 Å². The second-order valence-electron chi connectivity index (χ2n) is 4.95. The van der Waals surface area contributed by atoms with Crippen LogP contribution in [0, 0.1) is 0 Å². The highest BCUT2D eigenvalue weighted by Crippen LogP contribution is 2.22. The summed E-state index contributed by atoms with van der Waals surface area (Å²) in [6.45, 7) is 0.331. The van der Waals surface area contributed by atoms with Crippen molar-refractivity contribution < 1.29 is 19.1 Å². The summed E-state index contributed by atoms with van der Waals surface area (Å²) < 4.78 is 10.8. The van der Waals surface area contributed by atoms with Crippen LogP contribution in [0.4, 0.5) is 0 Å². The van der Waals surface area contributed by atoms with Gasteiger partial charge in [-0.2, -0.15) is 0 Å². The third-order valence-electron chi connectivity index (χ3n) is 3.07. The van der Waals surface area contributed by atoms with Crippen molar-refractivity contribution in [3.8, 4) is 11.5 Å². The van der Waals surface area contributed by atoms with Gasteiger partial charge in [0, 0.05) is 10.0 Å². The fourth-order valence-electron chi connectivity index (χ4n) is 1.91. The van der Waals surface area contributed by atoms with E-state index in [1.54, 1.807) is 30.3 Å². The number of carbonyl (C=O) groups excluding carboxylic acids is 2. The second-order valence-corrected chi connectivity index (χ2v) is 5.82. The van der Waals surface area contributed by atoms with E-state index in [0.29, 0.717) is 28.9 Å². The molecule has 0 spiro atoms. The van der Waals surface area contributed by atoms with Crippen LogP contribution >= 0.6 is 23.2 Å². The van der Waals surface area contributed by atoms with Crippen molar-refractivity contribution in [1.29, 1.82) is 0 Å². The van der Waals surface area contributed by atoms with Gasteiger partial charge in [0.2, 0.25) is 0 Å². The molecule has 0 aliphatic rings. The summed E-state index contributed by atoms with van der Waals surface area (Å²) in [5.41, 5.74) is 5.37. The van der Waals surface area contributed by atoms with Crippen LogP contribution < -0.4 is 20.5 Å². The van der Waals surface area contributed by atoms with Gasteiger partial charge in [-0.25, -0.2) is 0 Å². The fourth-order valence-corrected chi connectivity index (χ4v) is 2.20. The van der Waals surface area contributed by atoms with Gasteiger partial charge in [-0.1, -0.05) is 23.2 Å². The maximum absolute atomic E-state index is 11.8. The van der Waals surface area contributed by atoms with Crippen molar-refractivity contribution >= 4 is 35.0 Å². The van der Waals surface area contributed by atoms with E-state index in [1.165, 1.54) is 12.1 Å². The Bertz CT molecular complexity index is 751. The Hall–Kier alpha value is -2.44. The molecule has 0 radical (unpaired) electrons. The number of primary amides is 1. The number of ether oxygens (including phenoxy) is 2. The average Bonchev–Trinajstić information content (AvgIpc) is 2.59. The van der Waals surface area contributed by atoms with Crippen molar-refractivity contribution in [1.82, 2.24) is 5.32 Å². The molecule has 6 nitrogen and oxygen atoms in total. The number of halogens is 2. The smallest absolute Gasteiger partial charge is 0.258 e. The Labute approximate surface area is 154 Å². The number of carbonyl (C=O) groups is 2. The summed E-state index contributed by atoms with van der Waals surface area (Å²) in [6.07, 6.45) is 0. The van der Waals surface area contributed by atoms with Crippen LogP contribution in [0.15, 0.2) is 42.5 Å². The molecule has 0 atom stereocenters. The molecule has 0 unspecified atom stereocenters. The molecule has 0 aliphatic carbocycles. The lowest BCUT2D eigenvalue weighted by Gasteiger charge is -2.11. The second kappa shape index (κ2) is 9.15. The van der Waals surface area contributed by atoms with E-state index in [1.807, 2.05) is 0 Å². The van der Waals surface area contributed by atoms with Crippen LogP contribution in [0.2, 0.25) is 10.0 Å². The highest BCUT2D eigenvalue weighted by atomic mass is 35.5. The summed E-state index contributed by atoms with van der Waals surface area (Å²) in [4.78, 5) is 23.1. The fraction of sp³-hybridized carbons (Fsp3) is 0.176. The molecule has 0 fully saturated rings. The van der Waals surface area contributed by atoms with Crippen molar-refractivity contribution in [2.24, 2.45) is 5.73 Å². The summed E-state index contributed by atoms with van der Waals surface area (Å²) in [6, 6.07) is 11.3. The van der Waals surface area contributed by atoms with E-state index >= 15 is 0 Å². The first-order valence-electron chi connectivity index (χ1n) is 7.33. The predicted molar refractivity (Wildman–Crippen MR) is 95.4 cm³/mol. The van der Waals surface area contributed by atoms with Crippen LogP contribution in [-0.2, 0) is 4.79 Å².